The molecule has 7 nitrogen and oxygen atoms in total. The quantitative estimate of drug-likeness (QED) is 0.166. The second kappa shape index (κ2) is 14.3. The Morgan fingerprint density at radius 2 is 1.40 bits per heavy atom. The van der Waals surface area contributed by atoms with Crippen LogP contribution in [0.4, 0.5) is 30.6 Å². The Morgan fingerprint density at radius 1 is 0.827 bits per heavy atom. The lowest BCUT2D eigenvalue weighted by Gasteiger charge is -2.40. The summed E-state index contributed by atoms with van der Waals surface area (Å²) in [5.74, 6) is 1.15. The topological polar surface area (TPSA) is 71.5 Å². The van der Waals surface area contributed by atoms with E-state index in [1.807, 2.05) is 11.8 Å². The molecule has 0 amide bonds. The van der Waals surface area contributed by atoms with E-state index in [0.29, 0.717) is 71.8 Å². The summed E-state index contributed by atoms with van der Waals surface area (Å²) >= 11 is 6.52. The summed E-state index contributed by atoms with van der Waals surface area (Å²) in [6.45, 7) is 17.3. The third kappa shape index (κ3) is 8.18. The summed E-state index contributed by atoms with van der Waals surface area (Å²) in [5.41, 5.74) is 5.44. The Morgan fingerprint density at radius 3 is 1.88 bits per heavy atom. The van der Waals surface area contributed by atoms with E-state index < -0.39 is 11.7 Å². The van der Waals surface area contributed by atoms with Gasteiger partial charge in [-0.05, 0) is 63.8 Å². The van der Waals surface area contributed by atoms with Crippen molar-refractivity contribution in [3.63, 3.8) is 0 Å². The van der Waals surface area contributed by atoms with Gasteiger partial charge in [0, 0.05) is 45.0 Å². The predicted octanol–water partition coefficient (Wildman–Crippen LogP) is 9.64. The summed E-state index contributed by atoms with van der Waals surface area (Å²) < 4.78 is 43.6. The molecule has 3 heterocycles. The number of nitrogens with zero attached hydrogens (tertiary/aromatic N) is 5. The zero-order chi connectivity index (χ0) is 37.6. The highest BCUT2D eigenvalue weighted by molar-refractivity contribution is 6.33. The van der Waals surface area contributed by atoms with Crippen molar-refractivity contribution in [2.24, 2.45) is 0 Å². The lowest BCUT2D eigenvalue weighted by Crippen LogP contribution is -2.52. The Kier molecular flexibility index (Phi) is 10.3. The number of anilines is 3. The van der Waals surface area contributed by atoms with Crippen molar-refractivity contribution in [2.45, 2.75) is 91.2 Å². The summed E-state index contributed by atoms with van der Waals surface area (Å²) in [5, 5.41) is 9.93. The molecule has 0 bridgehead atoms. The van der Waals surface area contributed by atoms with Gasteiger partial charge >= 0.3 is 6.18 Å². The fourth-order valence-corrected chi connectivity index (χ4v) is 7.08. The molecule has 3 aromatic carbocycles. The van der Waals surface area contributed by atoms with Gasteiger partial charge in [0.15, 0.2) is 0 Å². The van der Waals surface area contributed by atoms with E-state index in [-0.39, 0.29) is 23.5 Å². The van der Waals surface area contributed by atoms with Crippen LogP contribution in [0.3, 0.4) is 0 Å². The van der Waals surface area contributed by atoms with Crippen LogP contribution in [-0.4, -0.2) is 45.7 Å². The minimum atomic E-state index is -4.56. The zero-order valence-corrected chi connectivity index (χ0v) is 31.7. The maximum absolute atomic E-state index is 14.5. The number of aliphatic hydroxyl groups excluding tert-OH is 1. The van der Waals surface area contributed by atoms with Crippen LogP contribution in [0.25, 0.3) is 11.0 Å². The number of hydrogen-bond acceptors (Lipinski definition) is 6. The van der Waals surface area contributed by atoms with E-state index in [2.05, 4.69) is 110 Å². The lowest BCUT2D eigenvalue weighted by atomic mass is 9.86. The van der Waals surface area contributed by atoms with Gasteiger partial charge in [0.05, 0.1) is 28.4 Å². The molecule has 1 fully saturated rings. The molecule has 1 aliphatic heterocycles. The van der Waals surface area contributed by atoms with Gasteiger partial charge in [-0.15, -0.1) is 0 Å². The monoisotopic (exact) mass is 732 g/mol. The minimum absolute atomic E-state index is 0.0262. The molecule has 1 saturated heterocycles. The molecule has 2 N–H and O–H groups in total. The Labute approximate surface area is 309 Å². The van der Waals surface area contributed by atoms with Crippen LogP contribution in [0.2, 0.25) is 5.02 Å². The average Bonchev–Trinajstić information content (AvgIpc) is 3.51. The van der Waals surface area contributed by atoms with Crippen molar-refractivity contribution in [2.75, 3.05) is 34.3 Å². The highest BCUT2D eigenvalue weighted by Gasteiger charge is 2.34. The van der Waals surface area contributed by atoms with Crippen LogP contribution in [0, 0.1) is 0 Å². The molecule has 2 aromatic heterocycles. The first-order valence-corrected chi connectivity index (χ1v) is 18.1. The summed E-state index contributed by atoms with van der Waals surface area (Å²) in [7, 11) is 0. The number of imidazole rings is 1. The van der Waals surface area contributed by atoms with E-state index in [0.717, 1.165) is 17.2 Å². The number of pyridine rings is 1. The number of benzene rings is 3. The Balaban J connectivity index is 1.38. The molecule has 0 saturated carbocycles. The second-order valence-corrected chi connectivity index (χ2v) is 16.4. The fourth-order valence-electron chi connectivity index (χ4n) is 6.77. The van der Waals surface area contributed by atoms with E-state index >= 15 is 0 Å². The molecule has 6 rings (SSSR count). The molecule has 1 atom stereocenters. The molecule has 0 radical (unpaired) electrons. The smallest absolute Gasteiger partial charge is 0.392 e. The standard InChI is InChI=1S/C41H48ClF3N6O/c1-26-22-49(37-33(42)18-29(25-52)21-46-37)16-17-51(26)38-47-34-19-32(41(43,44)45)20-35(36(34)48-38)50(23-27-8-12-30(13-9-27)39(2,3)4)24-28-10-14-31(15-11-28)40(5,6)7/h8-15,18-21,26,52H,16-17,22-25H2,1-7H3,(H,47,48)/t26-/m1/s1. The van der Waals surface area contributed by atoms with Crippen molar-refractivity contribution in [3.8, 4) is 0 Å². The van der Waals surface area contributed by atoms with Gasteiger partial charge in [-0.2, -0.15) is 13.2 Å². The number of aliphatic hydroxyl groups is 1. The van der Waals surface area contributed by atoms with Crippen molar-refractivity contribution >= 4 is 40.1 Å². The van der Waals surface area contributed by atoms with Gasteiger partial charge in [-0.25, -0.2) is 9.97 Å². The Hall–Kier alpha value is -4.28. The maximum atomic E-state index is 14.5. The number of nitrogens with one attached hydrogen (secondary N) is 1. The Bertz CT molecular complexity index is 1950. The number of aromatic amines is 1. The number of alkyl halides is 3. The molecular weight excluding hydrogens is 685 g/mol. The molecule has 1 aliphatic rings. The van der Waals surface area contributed by atoms with Gasteiger partial charge in [0.25, 0.3) is 0 Å². The van der Waals surface area contributed by atoms with Gasteiger partial charge in [-0.3, -0.25) is 0 Å². The number of halogens is 4. The highest BCUT2D eigenvalue weighted by atomic mass is 35.5. The predicted molar refractivity (Wildman–Crippen MR) is 205 cm³/mol. The van der Waals surface area contributed by atoms with Gasteiger partial charge in [0.1, 0.15) is 11.3 Å². The second-order valence-electron chi connectivity index (χ2n) is 16.0. The summed E-state index contributed by atoms with van der Waals surface area (Å²) in [6, 6.07) is 20.7. The number of H-pyrrole nitrogens is 1. The highest BCUT2D eigenvalue weighted by Crippen LogP contribution is 2.39. The van der Waals surface area contributed by atoms with Gasteiger partial charge < -0.3 is 24.8 Å². The third-order valence-corrected chi connectivity index (χ3v) is 10.1. The van der Waals surface area contributed by atoms with Crippen molar-refractivity contribution in [3.05, 3.63) is 111 Å². The maximum Gasteiger partial charge on any atom is 0.416 e. The number of aromatic nitrogens is 3. The van der Waals surface area contributed by atoms with E-state index in [1.165, 1.54) is 17.2 Å². The minimum Gasteiger partial charge on any atom is -0.392 e. The normalized spacial score (nSPS) is 15.8. The summed E-state index contributed by atoms with van der Waals surface area (Å²) in [4.78, 5) is 18.9. The average molecular weight is 733 g/mol. The van der Waals surface area contributed by atoms with Crippen molar-refractivity contribution in [1.29, 1.82) is 0 Å². The van der Waals surface area contributed by atoms with Crippen LogP contribution in [0.1, 0.15) is 81.8 Å². The first-order chi connectivity index (χ1) is 24.4. The number of hydrogen-bond donors (Lipinski definition) is 2. The molecule has 0 aliphatic carbocycles. The van der Waals surface area contributed by atoms with E-state index in [1.54, 1.807) is 12.3 Å². The SMILES string of the molecule is C[C@@H]1CN(c2ncc(CO)cc2Cl)CCN1c1nc2c(N(Cc3ccc(C(C)(C)C)cc3)Cc3ccc(C(C)(C)C)cc3)cc(C(F)(F)F)cc2[nH]1. The van der Waals surface area contributed by atoms with Crippen LogP contribution in [0.5, 0.6) is 0 Å². The molecule has 0 spiro atoms. The van der Waals surface area contributed by atoms with E-state index in [4.69, 9.17) is 16.6 Å². The number of fused-ring (bicyclic) bond motifs is 1. The molecule has 5 aromatic rings. The largest absolute Gasteiger partial charge is 0.416 e. The van der Waals surface area contributed by atoms with Crippen LogP contribution in [0.15, 0.2) is 72.9 Å². The first kappa shape index (κ1) is 37.5. The molecule has 276 valence electrons. The van der Waals surface area contributed by atoms with Crippen LogP contribution >= 0.6 is 11.6 Å². The van der Waals surface area contributed by atoms with Gasteiger partial charge in [0.2, 0.25) is 5.95 Å². The van der Waals surface area contributed by atoms with Gasteiger partial charge in [-0.1, -0.05) is 102 Å². The van der Waals surface area contributed by atoms with Crippen molar-refractivity contribution < 1.29 is 18.3 Å². The van der Waals surface area contributed by atoms with E-state index in [9.17, 15) is 18.3 Å². The first-order valence-electron chi connectivity index (χ1n) is 17.7. The zero-order valence-electron chi connectivity index (χ0n) is 30.9. The number of piperazine rings is 1. The molecule has 0 unspecified atom stereocenters. The van der Waals surface area contributed by atoms with Crippen LogP contribution < -0.4 is 14.7 Å². The van der Waals surface area contributed by atoms with Crippen molar-refractivity contribution in [1.82, 2.24) is 15.0 Å². The van der Waals surface area contributed by atoms with Crippen LogP contribution in [-0.2, 0) is 36.7 Å². The fraction of sp³-hybridized carbons (Fsp3) is 0.415. The molecule has 52 heavy (non-hydrogen) atoms. The molecule has 11 heteroatoms. The third-order valence-electron chi connectivity index (χ3n) is 9.87. The summed E-state index contributed by atoms with van der Waals surface area (Å²) in [6.07, 6.45) is -2.94. The number of rotatable bonds is 8. The lowest BCUT2D eigenvalue weighted by molar-refractivity contribution is -0.137. The molecular formula is C41H48ClF3N6O.